The van der Waals surface area contributed by atoms with Crippen molar-refractivity contribution in [1.82, 2.24) is 0 Å². The highest BCUT2D eigenvalue weighted by Gasteiger charge is 2.35. The van der Waals surface area contributed by atoms with Crippen molar-refractivity contribution < 1.29 is 14.6 Å². The summed E-state index contributed by atoms with van der Waals surface area (Å²) >= 11 is 0. The van der Waals surface area contributed by atoms with Crippen molar-refractivity contribution in [1.29, 1.82) is 0 Å². The molecule has 4 nitrogen and oxygen atoms in total. The number of ether oxygens (including phenoxy) is 1. The number of fused-ring (bicyclic) bond motifs is 1. The Bertz CT molecular complexity index is 452. The molecule has 0 aromatic heterocycles. The van der Waals surface area contributed by atoms with E-state index in [-0.39, 0.29) is 5.91 Å². The van der Waals surface area contributed by atoms with Gasteiger partial charge in [-0.1, -0.05) is 6.07 Å². The number of anilines is 1. The summed E-state index contributed by atoms with van der Waals surface area (Å²) in [6, 6.07) is 5.57. The summed E-state index contributed by atoms with van der Waals surface area (Å²) in [5.41, 5.74) is 0.813. The molecule has 0 aliphatic carbocycles. The summed E-state index contributed by atoms with van der Waals surface area (Å²) in [6.45, 7) is 5.20. The van der Waals surface area contributed by atoms with E-state index in [1.54, 1.807) is 20.8 Å². The van der Waals surface area contributed by atoms with Crippen molar-refractivity contribution >= 4 is 11.6 Å². The Labute approximate surface area is 101 Å². The molecule has 1 heterocycles. The Hall–Kier alpha value is -1.55. The Balaban J connectivity index is 2.29. The van der Waals surface area contributed by atoms with Gasteiger partial charge in [-0.2, -0.15) is 0 Å². The van der Waals surface area contributed by atoms with Gasteiger partial charge in [0.2, 0.25) is 0 Å². The topological polar surface area (TPSA) is 58.6 Å². The number of rotatable bonds is 2. The fourth-order valence-corrected chi connectivity index (χ4v) is 1.83. The molecule has 1 atom stereocenters. The standard InChI is InChI=1S/C13H17NO3/c1-8(15)6-9-4-5-11-10(7-9)14-12(16)13(2,3)17-11/h4-5,7-8,15H,6H2,1-3H3,(H,14,16). The van der Waals surface area contributed by atoms with Crippen LogP contribution in [0, 0.1) is 0 Å². The van der Waals surface area contributed by atoms with E-state index in [9.17, 15) is 9.90 Å². The Morgan fingerprint density at radius 2 is 2.18 bits per heavy atom. The number of benzene rings is 1. The lowest BCUT2D eigenvalue weighted by atomic mass is 10.0. The summed E-state index contributed by atoms with van der Waals surface area (Å²) < 4.78 is 5.62. The number of carbonyl (C=O) groups excluding carboxylic acids is 1. The zero-order valence-electron chi connectivity index (χ0n) is 10.3. The third-order valence-electron chi connectivity index (χ3n) is 2.74. The second-order valence-corrected chi connectivity index (χ2v) is 4.95. The zero-order chi connectivity index (χ0) is 12.6. The van der Waals surface area contributed by atoms with Crippen LogP contribution in [0.4, 0.5) is 5.69 Å². The van der Waals surface area contributed by atoms with Crippen LogP contribution in [0.15, 0.2) is 18.2 Å². The summed E-state index contributed by atoms with van der Waals surface area (Å²) in [7, 11) is 0. The van der Waals surface area contributed by atoms with Crippen LogP contribution < -0.4 is 10.1 Å². The second kappa shape index (κ2) is 4.04. The molecule has 0 spiro atoms. The summed E-state index contributed by atoms with van der Waals surface area (Å²) in [4.78, 5) is 11.7. The largest absolute Gasteiger partial charge is 0.476 e. The first-order chi connectivity index (χ1) is 7.88. The van der Waals surface area contributed by atoms with E-state index in [1.165, 1.54) is 0 Å². The van der Waals surface area contributed by atoms with E-state index in [1.807, 2.05) is 18.2 Å². The highest BCUT2D eigenvalue weighted by atomic mass is 16.5. The average molecular weight is 235 g/mol. The molecular weight excluding hydrogens is 218 g/mol. The number of nitrogens with one attached hydrogen (secondary N) is 1. The van der Waals surface area contributed by atoms with E-state index < -0.39 is 11.7 Å². The Morgan fingerprint density at radius 1 is 1.47 bits per heavy atom. The van der Waals surface area contributed by atoms with Gasteiger partial charge < -0.3 is 15.2 Å². The quantitative estimate of drug-likeness (QED) is 0.820. The molecule has 92 valence electrons. The third kappa shape index (κ3) is 2.42. The van der Waals surface area contributed by atoms with Gasteiger partial charge in [0.25, 0.3) is 5.91 Å². The summed E-state index contributed by atoms with van der Waals surface area (Å²) in [5, 5.41) is 12.1. The van der Waals surface area contributed by atoms with Gasteiger partial charge in [-0.25, -0.2) is 0 Å². The van der Waals surface area contributed by atoms with Gasteiger partial charge >= 0.3 is 0 Å². The average Bonchev–Trinajstić information content (AvgIpc) is 2.19. The van der Waals surface area contributed by atoms with Gasteiger partial charge in [-0.05, 0) is 44.9 Å². The molecule has 1 unspecified atom stereocenters. The van der Waals surface area contributed by atoms with Crippen LogP contribution in [-0.2, 0) is 11.2 Å². The van der Waals surface area contributed by atoms with Crippen LogP contribution in [0.2, 0.25) is 0 Å². The van der Waals surface area contributed by atoms with Crippen molar-refractivity contribution in [3.05, 3.63) is 23.8 Å². The highest BCUT2D eigenvalue weighted by Crippen LogP contribution is 2.34. The van der Waals surface area contributed by atoms with Gasteiger partial charge in [0.1, 0.15) is 5.75 Å². The fourth-order valence-electron chi connectivity index (χ4n) is 1.83. The monoisotopic (exact) mass is 235 g/mol. The van der Waals surface area contributed by atoms with Gasteiger partial charge in [0.15, 0.2) is 5.60 Å². The van der Waals surface area contributed by atoms with Crippen molar-refractivity contribution in [2.24, 2.45) is 0 Å². The summed E-state index contributed by atoms with van der Waals surface area (Å²) in [5.74, 6) is 0.517. The minimum Gasteiger partial charge on any atom is -0.476 e. The molecule has 1 aliphatic heterocycles. The van der Waals surface area contributed by atoms with Crippen molar-refractivity contribution in [3.63, 3.8) is 0 Å². The molecule has 1 aliphatic rings. The molecule has 1 amide bonds. The number of carbonyl (C=O) groups is 1. The van der Waals surface area contributed by atoms with Crippen LogP contribution in [0.5, 0.6) is 5.75 Å². The number of amides is 1. The molecule has 0 saturated carbocycles. The van der Waals surface area contributed by atoms with Crippen LogP contribution in [0.1, 0.15) is 26.3 Å². The summed E-state index contributed by atoms with van der Waals surface area (Å²) in [6.07, 6.45) is 0.164. The van der Waals surface area contributed by atoms with E-state index in [2.05, 4.69) is 5.32 Å². The molecule has 1 aromatic rings. The Morgan fingerprint density at radius 3 is 2.82 bits per heavy atom. The van der Waals surface area contributed by atoms with E-state index in [4.69, 9.17) is 4.74 Å². The molecule has 0 saturated heterocycles. The van der Waals surface area contributed by atoms with Gasteiger partial charge in [0, 0.05) is 0 Å². The molecule has 2 N–H and O–H groups in total. The minimum absolute atomic E-state index is 0.154. The van der Waals surface area contributed by atoms with E-state index in [0.29, 0.717) is 17.9 Å². The SMILES string of the molecule is CC(O)Cc1ccc2c(c1)NC(=O)C(C)(C)O2. The third-order valence-corrected chi connectivity index (χ3v) is 2.74. The van der Waals surface area contributed by atoms with Gasteiger partial charge in [-0.15, -0.1) is 0 Å². The van der Waals surface area contributed by atoms with Crippen LogP contribution in [-0.4, -0.2) is 22.7 Å². The first kappa shape index (κ1) is 11.9. The van der Waals surface area contributed by atoms with E-state index >= 15 is 0 Å². The smallest absolute Gasteiger partial charge is 0.268 e. The second-order valence-electron chi connectivity index (χ2n) is 4.95. The predicted octanol–water partition coefficient (Wildman–Crippen LogP) is 1.72. The maximum absolute atomic E-state index is 11.7. The lowest BCUT2D eigenvalue weighted by Crippen LogP contribution is -2.45. The number of hydrogen-bond acceptors (Lipinski definition) is 3. The predicted molar refractivity (Wildman–Crippen MR) is 65.2 cm³/mol. The van der Waals surface area contributed by atoms with Crippen LogP contribution >= 0.6 is 0 Å². The number of aliphatic hydroxyl groups excluding tert-OH is 1. The molecule has 4 heteroatoms. The Kier molecular flexibility index (Phi) is 2.83. The van der Waals surface area contributed by atoms with Crippen molar-refractivity contribution in [3.8, 4) is 5.75 Å². The molecule has 1 aromatic carbocycles. The molecule has 0 radical (unpaired) electrons. The van der Waals surface area contributed by atoms with E-state index in [0.717, 1.165) is 5.56 Å². The highest BCUT2D eigenvalue weighted by molar-refractivity contribution is 6.00. The molecule has 0 fully saturated rings. The van der Waals surface area contributed by atoms with Gasteiger partial charge in [0.05, 0.1) is 11.8 Å². The zero-order valence-corrected chi connectivity index (χ0v) is 10.3. The molecule has 17 heavy (non-hydrogen) atoms. The van der Waals surface area contributed by atoms with Gasteiger partial charge in [-0.3, -0.25) is 4.79 Å². The van der Waals surface area contributed by atoms with Crippen LogP contribution in [0.3, 0.4) is 0 Å². The maximum atomic E-state index is 11.7. The molecule has 2 rings (SSSR count). The fraction of sp³-hybridized carbons (Fsp3) is 0.462. The normalized spacial score (nSPS) is 18.9. The number of aliphatic hydroxyl groups is 1. The lowest BCUT2D eigenvalue weighted by molar-refractivity contribution is -0.129. The van der Waals surface area contributed by atoms with Crippen molar-refractivity contribution in [2.45, 2.75) is 38.9 Å². The van der Waals surface area contributed by atoms with Crippen molar-refractivity contribution in [2.75, 3.05) is 5.32 Å². The number of hydrogen-bond donors (Lipinski definition) is 2. The molecule has 0 bridgehead atoms. The lowest BCUT2D eigenvalue weighted by Gasteiger charge is -2.31. The molecular formula is C13H17NO3. The first-order valence-electron chi connectivity index (χ1n) is 5.70. The maximum Gasteiger partial charge on any atom is 0.268 e. The van der Waals surface area contributed by atoms with Crippen LogP contribution in [0.25, 0.3) is 0 Å². The first-order valence-corrected chi connectivity index (χ1v) is 5.70. The minimum atomic E-state index is -0.835.